The van der Waals surface area contributed by atoms with E-state index in [-0.39, 0.29) is 11.7 Å². The predicted octanol–water partition coefficient (Wildman–Crippen LogP) is 4.28. The number of carbonyl (C=O) groups excluding carboxylic acids is 1. The first kappa shape index (κ1) is 18.8. The van der Waals surface area contributed by atoms with Gasteiger partial charge in [-0.2, -0.15) is 0 Å². The van der Waals surface area contributed by atoms with E-state index in [1.54, 1.807) is 16.6 Å². The lowest BCUT2D eigenvalue weighted by atomic mass is 10.0. The van der Waals surface area contributed by atoms with E-state index in [1.165, 1.54) is 5.56 Å². The number of aromatic nitrogens is 3. The van der Waals surface area contributed by atoms with Crippen LogP contribution in [0, 0.1) is 13.8 Å². The largest absolute Gasteiger partial charge is 0.335 e. The molecule has 27 heavy (non-hydrogen) atoms. The lowest BCUT2D eigenvalue weighted by Crippen LogP contribution is -2.27. The fourth-order valence-corrected chi connectivity index (χ4v) is 3.16. The van der Waals surface area contributed by atoms with Crippen LogP contribution in [0.2, 0.25) is 0 Å². The van der Waals surface area contributed by atoms with E-state index in [0.29, 0.717) is 18.3 Å². The molecule has 0 bridgehead atoms. The second-order valence-electron chi connectivity index (χ2n) is 7.20. The number of nitrogens with zero attached hydrogens (tertiary/aromatic N) is 4. The van der Waals surface area contributed by atoms with Gasteiger partial charge in [0.25, 0.3) is 5.91 Å². The molecule has 1 heterocycles. The van der Waals surface area contributed by atoms with Crippen molar-refractivity contribution in [2.24, 2.45) is 0 Å². The van der Waals surface area contributed by atoms with Crippen LogP contribution in [0.3, 0.4) is 0 Å². The highest BCUT2D eigenvalue weighted by molar-refractivity contribution is 5.90. The second kappa shape index (κ2) is 7.74. The van der Waals surface area contributed by atoms with Crippen LogP contribution in [0.1, 0.15) is 52.9 Å². The van der Waals surface area contributed by atoms with E-state index in [2.05, 4.69) is 30.0 Å². The van der Waals surface area contributed by atoms with E-state index >= 15 is 0 Å². The lowest BCUT2D eigenvalue weighted by molar-refractivity contribution is 0.0773. The number of carbonyl (C=O) groups is 1. The molecular weight excluding hydrogens is 336 g/mol. The number of benzene rings is 2. The molecule has 5 heteroatoms. The van der Waals surface area contributed by atoms with Crippen molar-refractivity contribution in [1.29, 1.82) is 0 Å². The van der Waals surface area contributed by atoms with E-state index in [9.17, 15) is 4.79 Å². The van der Waals surface area contributed by atoms with Crippen molar-refractivity contribution in [3.63, 3.8) is 0 Å². The van der Waals surface area contributed by atoms with Gasteiger partial charge in [0.2, 0.25) is 5.82 Å². The Morgan fingerprint density at radius 2 is 1.74 bits per heavy atom. The zero-order chi connectivity index (χ0) is 19.6. The van der Waals surface area contributed by atoms with Gasteiger partial charge in [0, 0.05) is 13.6 Å². The Balaban J connectivity index is 1.88. The molecule has 0 saturated heterocycles. The zero-order valence-electron chi connectivity index (χ0n) is 16.6. The molecule has 0 aliphatic rings. The van der Waals surface area contributed by atoms with Gasteiger partial charge in [-0.25, -0.2) is 9.67 Å². The van der Waals surface area contributed by atoms with Crippen molar-refractivity contribution in [3.8, 4) is 5.69 Å². The van der Waals surface area contributed by atoms with Crippen LogP contribution in [0.4, 0.5) is 0 Å². The standard InChI is InChI=1S/C22H26N4O/c1-15(2)19-12-8-9-13-20(19)26-17(4)23-21(24-26)22(27)25(5)14-18-11-7-6-10-16(18)3/h6-13,15H,14H2,1-5H3. The van der Waals surface area contributed by atoms with Gasteiger partial charge in [-0.05, 0) is 42.5 Å². The highest BCUT2D eigenvalue weighted by Gasteiger charge is 2.21. The van der Waals surface area contributed by atoms with E-state index in [1.807, 2.05) is 56.3 Å². The number of rotatable bonds is 5. The molecule has 0 atom stereocenters. The average Bonchev–Trinajstić information content (AvgIpc) is 3.04. The van der Waals surface area contributed by atoms with E-state index < -0.39 is 0 Å². The number of para-hydroxylation sites is 1. The molecule has 0 spiro atoms. The normalized spacial score (nSPS) is 11.0. The highest BCUT2D eigenvalue weighted by atomic mass is 16.2. The molecule has 3 rings (SSSR count). The number of aryl methyl sites for hydroxylation is 2. The molecular formula is C22H26N4O. The molecule has 0 aliphatic heterocycles. The third kappa shape index (κ3) is 3.92. The maximum absolute atomic E-state index is 12.9. The summed E-state index contributed by atoms with van der Waals surface area (Å²) >= 11 is 0. The maximum atomic E-state index is 12.9. The Kier molecular flexibility index (Phi) is 5.40. The molecule has 140 valence electrons. The van der Waals surface area contributed by atoms with Gasteiger partial charge < -0.3 is 4.90 Å². The smallest absolute Gasteiger partial charge is 0.293 e. The summed E-state index contributed by atoms with van der Waals surface area (Å²) in [5, 5.41) is 4.52. The third-order valence-electron chi connectivity index (χ3n) is 4.76. The summed E-state index contributed by atoms with van der Waals surface area (Å²) in [5.41, 5.74) is 4.43. The van der Waals surface area contributed by atoms with Crippen molar-refractivity contribution in [2.45, 2.75) is 40.2 Å². The summed E-state index contributed by atoms with van der Waals surface area (Å²) in [6.45, 7) is 8.75. The Morgan fingerprint density at radius 1 is 1.07 bits per heavy atom. The summed E-state index contributed by atoms with van der Waals surface area (Å²) in [5.74, 6) is 1.10. The molecule has 0 radical (unpaired) electrons. The predicted molar refractivity (Wildman–Crippen MR) is 107 cm³/mol. The van der Waals surface area contributed by atoms with Gasteiger partial charge in [0.05, 0.1) is 5.69 Å². The summed E-state index contributed by atoms with van der Waals surface area (Å²) < 4.78 is 1.77. The van der Waals surface area contributed by atoms with Gasteiger partial charge in [-0.15, -0.1) is 5.10 Å². The first-order valence-corrected chi connectivity index (χ1v) is 9.21. The first-order valence-electron chi connectivity index (χ1n) is 9.21. The number of hydrogen-bond acceptors (Lipinski definition) is 3. The lowest BCUT2D eigenvalue weighted by Gasteiger charge is -2.16. The number of hydrogen-bond donors (Lipinski definition) is 0. The topological polar surface area (TPSA) is 51.0 Å². The SMILES string of the molecule is Cc1ccccc1CN(C)C(=O)c1nc(C)n(-c2ccccc2C(C)C)n1. The molecule has 5 nitrogen and oxygen atoms in total. The molecule has 0 N–H and O–H groups in total. The van der Waals surface area contributed by atoms with Gasteiger partial charge >= 0.3 is 0 Å². The van der Waals surface area contributed by atoms with Crippen LogP contribution in [0.5, 0.6) is 0 Å². The van der Waals surface area contributed by atoms with Crippen LogP contribution in [-0.4, -0.2) is 32.6 Å². The summed E-state index contributed by atoms with van der Waals surface area (Å²) in [6.07, 6.45) is 0. The van der Waals surface area contributed by atoms with Crippen LogP contribution in [0.15, 0.2) is 48.5 Å². The van der Waals surface area contributed by atoms with Crippen molar-refractivity contribution >= 4 is 5.91 Å². The second-order valence-corrected chi connectivity index (χ2v) is 7.20. The maximum Gasteiger partial charge on any atom is 0.293 e. The molecule has 0 fully saturated rings. The van der Waals surface area contributed by atoms with Gasteiger partial charge in [0.15, 0.2) is 0 Å². The molecule has 3 aromatic rings. The highest BCUT2D eigenvalue weighted by Crippen LogP contribution is 2.23. The van der Waals surface area contributed by atoms with Crippen molar-refractivity contribution in [3.05, 3.63) is 76.9 Å². The summed E-state index contributed by atoms with van der Waals surface area (Å²) in [7, 11) is 1.78. The Morgan fingerprint density at radius 3 is 2.44 bits per heavy atom. The molecule has 0 unspecified atom stereocenters. The van der Waals surface area contributed by atoms with Crippen LogP contribution < -0.4 is 0 Å². The number of amides is 1. The van der Waals surface area contributed by atoms with Crippen LogP contribution in [-0.2, 0) is 6.54 Å². The zero-order valence-corrected chi connectivity index (χ0v) is 16.6. The minimum Gasteiger partial charge on any atom is -0.335 e. The van der Waals surface area contributed by atoms with E-state index in [0.717, 1.165) is 16.8 Å². The fourth-order valence-electron chi connectivity index (χ4n) is 3.16. The average molecular weight is 362 g/mol. The van der Waals surface area contributed by atoms with Crippen molar-refractivity contribution < 1.29 is 4.79 Å². The Bertz CT molecular complexity index is 958. The summed E-state index contributed by atoms with van der Waals surface area (Å²) in [4.78, 5) is 19.0. The Labute approximate surface area is 160 Å². The van der Waals surface area contributed by atoms with Crippen molar-refractivity contribution in [2.75, 3.05) is 7.05 Å². The fraction of sp³-hybridized carbons (Fsp3) is 0.318. The van der Waals surface area contributed by atoms with E-state index in [4.69, 9.17) is 0 Å². The minimum atomic E-state index is -0.179. The quantitative estimate of drug-likeness (QED) is 0.681. The first-order chi connectivity index (χ1) is 12.9. The molecule has 0 aliphatic carbocycles. The van der Waals surface area contributed by atoms with Gasteiger partial charge in [0.1, 0.15) is 5.82 Å². The Hall–Kier alpha value is -2.95. The minimum absolute atomic E-state index is 0.179. The van der Waals surface area contributed by atoms with Crippen LogP contribution >= 0.6 is 0 Å². The van der Waals surface area contributed by atoms with Crippen molar-refractivity contribution in [1.82, 2.24) is 19.7 Å². The third-order valence-corrected chi connectivity index (χ3v) is 4.76. The van der Waals surface area contributed by atoms with Gasteiger partial charge in [-0.3, -0.25) is 4.79 Å². The van der Waals surface area contributed by atoms with Gasteiger partial charge in [-0.1, -0.05) is 56.3 Å². The summed E-state index contributed by atoms with van der Waals surface area (Å²) in [6, 6.07) is 16.2. The molecule has 1 amide bonds. The molecule has 2 aromatic carbocycles. The molecule has 0 saturated carbocycles. The van der Waals surface area contributed by atoms with Crippen LogP contribution in [0.25, 0.3) is 5.69 Å². The monoisotopic (exact) mass is 362 g/mol. The molecule has 1 aromatic heterocycles.